The molecule has 4 amide bonds. The zero-order valence-electron chi connectivity index (χ0n) is 40.4. The largest absolute Gasteiger partial charge is 0.444 e. The highest BCUT2D eigenvalue weighted by atomic mass is 16.6. The number of likely N-dealkylation sites (tertiary alicyclic amines) is 2. The predicted molar refractivity (Wildman–Crippen MR) is 261 cm³/mol. The maximum atomic E-state index is 13.9. The van der Waals surface area contributed by atoms with Crippen LogP contribution in [0.4, 0.5) is 21.0 Å². The molecule has 2 aromatic carbocycles. The number of hydrogen-bond donors (Lipinski definition) is 2. The summed E-state index contributed by atoms with van der Waals surface area (Å²) in [6.45, 7) is 11.3. The minimum Gasteiger partial charge on any atom is -0.444 e. The highest BCUT2D eigenvalue weighted by molar-refractivity contribution is 5.98. The molecule has 0 aromatic heterocycles. The van der Waals surface area contributed by atoms with Gasteiger partial charge < -0.3 is 20.1 Å². The summed E-state index contributed by atoms with van der Waals surface area (Å²) in [4.78, 5) is 58.3. The van der Waals surface area contributed by atoms with Crippen LogP contribution in [0.2, 0.25) is 0 Å². The Hall–Kier alpha value is -4.86. The minimum absolute atomic E-state index is 0.0566. The van der Waals surface area contributed by atoms with E-state index in [2.05, 4.69) is 53.1 Å². The third-order valence-corrected chi connectivity index (χ3v) is 15.8. The van der Waals surface area contributed by atoms with E-state index in [0.29, 0.717) is 42.4 Å². The Morgan fingerprint density at radius 3 is 1.65 bits per heavy atom. The smallest absolute Gasteiger partial charge is 0.411 e. The molecule has 12 rings (SSSR count). The van der Waals surface area contributed by atoms with Crippen LogP contribution < -0.4 is 10.6 Å². The molecule has 2 N–H and O–H groups in total. The molecule has 354 valence electrons. The van der Waals surface area contributed by atoms with E-state index < -0.39 is 23.3 Å². The Balaban J connectivity index is 0.843. The van der Waals surface area contributed by atoms with Gasteiger partial charge in [-0.15, -0.1) is 0 Å². The molecule has 2 saturated carbocycles. The van der Waals surface area contributed by atoms with Crippen molar-refractivity contribution in [2.75, 3.05) is 10.6 Å². The van der Waals surface area contributed by atoms with Crippen LogP contribution in [-0.4, -0.2) is 69.2 Å². The van der Waals surface area contributed by atoms with Crippen molar-refractivity contribution in [1.82, 2.24) is 9.80 Å². The van der Waals surface area contributed by atoms with Gasteiger partial charge in [0.25, 0.3) is 0 Å². The fraction of sp³-hybridized carbons (Fsp3) is 0.607. The summed E-state index contributed by atoms with van der Waals surface area (Å²) in [5, 5.41) is 6.36. The maximum Gasteiger partial charge on any atom is 0.411 e. The van der Waals surface area contributed by atoms with Crippen molar-refractivity contribution in [3.63, 3.8) is 0 Å². The summed E-state index contributed by atoms with van der Waals surface area (Å²) in [5.41, 5.74) is 6.97. The van der Waals surface area contributed by atoms with E-state index in [1.807, 2.05) is 65.8 Å². The lowest BCUT2D eigenvalue weighted by molar-refractivity contribution is -0.121. The van der Waals surface area contributed by atoms with Gasteiger partial charge in [-0.05, 0) is 195 Å². The summed E-state index contributed by atoms with van der Waals surface area (Å²) in [7, 11) is 0. The van der Waals surface area contributed by atoms with E-state index in [9.17, 15) is 19.2 Å². The number of allylic oxidation sites excluding steroid dienone is 6. The van der Waals surface area contributed by atoms with Gasteiger partial charge in [0.15, 0.2) is 0 Å². The quantitative estimate of drug-likeness (QED) is 0.279. The van der Waals surface area contributed by atoms with Gasteiger partial charge in [-0.2, -0.15) is 0 Å². The second-order valence-electron chi connectivity index (χ2n) is 22.7. The molecule has 4 bridgehead atoms. The average molecular weight is 899 g/mol. The van der Waals surface area contributed by atoms with Crippen molar-refractivity contribution >= 4 is 40.9 Å². The van der Waals surface area contributed by atoms with Crippen molar-refractivity contribution in [2.24, 2.45) is 23.7 Å². The first kappa shape index (κ1) is 46.3. The lowest BCUT2D eigenvalue weighted by Crippen LogP contribution is -2.49. The van der Waals surface area contributed by atoms with Gasteiger partial charge >= 0.3 is 12.2 Å². The van der Waals surface area contributed by atoms with Crippen molar-refractivity contribution in [3.05, 3.63) is 89.0 Å². The van der Waals surface area contributed by atoms with Crippen molar-refractivity contribution in [2.45, 2.75) is 192 Å². The average Bonchev–Trinajstić information content (AvgIpc) is 3.87. The maximum absolute atomic E-state index is 13.9. The van der Waals surface area contributed by atoms with Crippen LogP contribution in [0.3, 0.4) is 0 Å². The molecule has 10 aliphatic rings. The van der Waals surface area contributed by atoms with E-state index in [4.69, 9.17) is 9.47 Å². The summed E-state index contributed by atoms with van der Waals surface area (Å²) < 4.78 is 11.7. The topological polar surface area (TPSA) is 117 Å². The molecule has 9 atom stereocenters. The Kier molecular flexibility index (Phi) is 13.3. The Labute approximate surface area is 393 Å². The zero-order chi connectivity index (χ0) is 46.3. The third-order valence-electron chi connectivity index (χ3n) is 15.8. The SMILES string of the molecule is CC(C)(C)OC(=O)N1[C@H](C(=O)Nc2ccc(C3=C[C@H]4CC=C3CCC3=C[C@@H](c5ccc(NC(=O)[C@@H]6C[C@@H]7CCCC[C@@H]7N6C(=O)OC(C)(C)C)cc5)C(CC3)CC4)cc2)C[C@@H]2CCCC[C@@H]21. The molecule has 0 spiro atoms. The number of anilines is 2. The summed E-state index contributed by atoms with van der Waals surface area (Å²) in [6.07, 6.45) is 24.2. The summed E-state index contributed by atoms with van der Waals surface area (Å²) in [6, 6.07) is 15.9. The fourth-order valence-electron chi connectivity index (χ4n) is 12.7. The van der Waals surface area contributed by atoms with Crippen LogP contribution in [0, 0.1) is 23.7 Å². The Morgan fingerprint density at radius 2 is 1.11 bits per heavy atom. The number of carbonyl (C=O) groups excluding carboxylic acids is 4. The first-order valence-electron chi connectivity index (χ1n) is 25.5. The number of nitrogens with one attached hydrogen (secondary N) is 2. The molecule has 2 saturated heterocycles. The molecule has 8 aliphatic carbocycles. The van der Waals surface area contributed by atoms with Crippen LogP contribution in [0.15, 0.2) is 77.9 Å². The van der Waals surface area contributed by atoms with Gasteiger partial charge in [-0.1, -0.05) is 73.7 Å². The number of hydrogen-bond acceptors (Lipinski definition) is 6. The summed E-state index contributed by atoms with van der Waals surface area (Å²) in [5.74, 6) is 1.74. The molecule has 2 aliphatic heterocycles. The standard InChI is InChI=1S/C56H74N4O6/c1-55(2,3)65-53(63)59-47-13-9-7-11-41(47)33-49(59)51(61)57-43-27-23-39(24-28-43)45-31-35-15-19-37(45)21-17-36-16-20-38(22-18-35)46(32-36)40-25-29-44(30-26-40)58-52(62)50-34-42-12-8-10-14-48(42)60(50)54(64)66-56(4,5)6/h19,23-32,35,38,41-42,46-50H,7-18,20-22,33-34H2,1-6H3,(H,57,61)(H,58,62)/t35-,38?,41-,42-,46+,47-,48-,49-,50-/m0/s1. The number of ether oxygens (including phenoxy) is 2. The van der Waals surface area contributed by atoms with E-state index in [0.717, 1.165) is 101 Å². The summed E-state index contributed by atoms with van der Waals surface area (Å²) >= 11 is 0. The Bertz CT molecular complexity index is 2230. The van der Waals surface area contributed by atoms with Crippen molar-refractivity contribution in [3.8, 4) is 0 Å². The number of benzene rings is 2. The van der Waals surface area contributed by atoms with Gasteiger partial charge in [-0.25, -0.2) is 9.59 Å². The van der Waals surface area contributed by atoms with Gasteiger partial charge in [-0.3, -0.25) is 19.4 Å². The van der Waals surface area contributed by atoms with Crippen molar-refractivity contribution in [1.29, 1.82) is 0 Å². The minimum atomic E-state index is -0.626. The highest BCUT2D eigenvalue weighted by Gasteiger charge is 2.50. The molecular weight excluding hydrogens is 825 g/mol. The second-order valence-corrected chi connectivity index (χ2v) is 22.7. The molecule has 0 radical (unpaired) electrons. The van der Waals surface area contributed by atoms with Gasteiger partial charge in [0.1, 0.15) is 23.3 Å². The van der Waals surface area contributed by atoms with E-state index in [1.54, 1.807) is 9.80 Å². The highest BCUT2D eigenvalue weighted by Crippen LogP contribution is 2.46. The van der Waals surface area contributed by atoms with Gasteiger partial charge in [0.05, 0.1) is 0 Å². The predicted octanol–water partition coefficient (Wildman–Crippen LogP) is 12.7. The molecule has 10 nitrogen and oxygen atoms in total. The second kappa shape index (κ2) is 19.0. The van der Waals surface area contributed by atoms with E-state index in [1.165, 1.54) is 34.3 Å². The number of rotatable bonds is 6. The first-order chi connectivity index (χ1) is 31.6. The van der Waals surface area contributed by atoms with E-state index >= 15 is 0 Å². The molecule has 10 heteroatoms. The zero-order valence-corrected chi connectivity index (χ0v) is 40.4. The monoisotopic (exact) mass is 899 g/mol. The molecule has 2 aromatic rings. The lowest BCUT2D eigenvalue weighted by Gasteiger charge is -2.35. The lowest BCUT2D eigenvalue weighted by atomic mass is 9.71. The normalized spacial score (nSPS) is 29.8. The van der Waals surface area contributed by atoms with Crippen molar-refractivity contribution < 1.29 is 28.7 Å². The van der Waals surface area contributed by atoms with Crippen LogP contribution in [-0.2, 0) is 19.1 Å². The molecule has 4 fully saturated rings. The number of nitrogens with zero attached hydrogens (tertiary/aromatic N) is 2. The van der Waals surface area contributed by atoms with Crippen LogP contribution in [0.5, 0.6) is 0 Å². The van der Waals surface area contributed by atoms with Gasteiger partial charge in [0, 0.05) is 29.4 Å². The first-order valence-corrected chi connectivity index (χ1v) is 25.5. The van der Waals surface area contributed by atoms with Gasteiger partial charge in [0.2, 0.25) is 11.8 Å². The third kappa shape index (κ3) is 10.3. The Morgan fingerprint density at radius 1 is 0.576 bits per heavy atom. The molecule has 1 unspecified atom stereocenters. The molecule has 66 heavy (non-hydrogen) atoms. The number of carbonyl (C=O) groups is 4. The molecule has 2 heterocycles. The van der Waals surface area contributed by atoms with Crippen LogP contribution in [0.1, 0.15) is 168 Å². The fourth-order valence-corrected chi connectivity index (χ4v) is 12.7. The van der Waals surface area contributed by atoms with Crippen LogP contribution in [0.25, 0.3) is 5.57 Å². The number of fused-ring (bicyclic) bond motifs is 2. The number of amides is 4. The van der Waals surface area contributed by atoms with Crippen LogP contribution >= 0.6 is 0 Å². The molecular formula is C56H74N4O6. The van der Waals surface area contributed by atoms with E-state index in [-0.39, 0.29) is 36.1 Å².